The van der Waals surface area contributed by atoms with Crippen molar-refractivity contribution in [1.82, 2.24) is 5.32 Å². The van der Waals surface area contributed by atoms with Gasteiger partial charge in [0.15, 0.2) is 6.10 Å². The molecule has 1 amide bonds. The Hall–Kier alpha value is -2.90. The van der Waals surface area contributed by atoms with Crippen molar-refractivity contribution < 1.29 is 29.3 Å². The summed E-state index contributed by atoms with van der Waals surface area (Å²) >= 11 is 0. The first-order chi connectivity index (χ1) is 15.5. The third-order valence-electron chi connectivity index (χ3n) is 5.53. The number of aromatic hydroxyl groups is 1. The molecule has 172 valence electrons. The van der Waals surface area contributed by atoms with Gasteiger partial charge in [-0.15, -0.1) is 0 Å². The lowest BCUT2D eigenvalue weighted by molar-refractivity contribution is -0.115. The van der Waals surface area contributed by atoms with E-state index >= 15 is 0 Å². The molecule has 0 aromatic heterocycles. The third-order valence-corrected chi connectivity index (χ3v) is 5.53. The SMILES string of the molecule is CC/C=C\C=C/C(=O)N/C=C/CC1CC2CC([OH2+])CC(Cc3cccc(O)c3C(=O)O1)O2. The van der Waals surface area contributed by atoms with E-state index in [2.05, 4.69) is 5.32 Å². The minimum atomic E-state index is -0.562. The highest BCUT2D eigenvalue weighted by Gasteiger charge is 2.35. The zero-order valence-corrected chi connectivity index (χ0v) is 18.3. The van der Waals surface area contributed by atoms with Crippen LogP contribution in [-0.4, -0.2) is 46.5 Å². The summed E-state index contributed by atoms with van der Waals surface area (Å²) in [7, 11) is 0. The second-order valence-electron chi connectivity index (χ2n) is 8.17. The van der Waals surface area contributed by atoms with Crippen molar-refractivity contribution in [1.29, 1.82) is 0 Å². The number of benzene rings is 1. The second-order valence-corrected chi connectivity index (χ2v) is 8.17. The van der Waals surface area contributed by atoms with Gasteiger partial charge in [0, 0.05) is 38.0 Å². The second kappa shape index (κ2) is 11.6. The molecule has 7 nitrogen and oxygen atoms in total. The molecule has 0 spiro atoms. The number of carbonyl (C=O) groups is 2. The third kappa shape index (κ3) is 6.80. The molecule has 7 heteroatoms. The van der Waals surface area contributed by atoms with Crippen LogP contribution in [-0.2, 0) is 20.7 Å². The molecule has 1 aromatic rings. The molecule has 1 fully saturated rings. The summed E-state index contributed by atoms with van der Waals surface area (Å²) in [4.78, 5) is 24.7. The average Bonchev–Trinajstić information content (AvgIpc) is 2.73. The molecule has 1 aromatic carbocycles. The molecular weight excluding hydrogens is 410 g/mol. The molecule has 2 bridgehead atoms. The molecule has 0 radical (unpaired) electrons. The van der Waals surface area contributed by atoms with Crippen LogP contribution in [0.3, 0.4) is 0 Å². The van der Waals surface area contributed by atoms with E-state index in [0.717, 1.165) is 6.42 Å². The van der Waals surface area contributed by atoms with Gasteiger partial charge in [-0.05, 0) is 24.5 Å². The molecule has 2 heterocycles. The van der Waals surface area contributed by atoms with E-state index in [-0.39, 0.29) is 35.5 Å². The van der Waals surface area contributed by atoms with Crippen molar-refractivity contribution in [2.45, 2.75) is 69.9 Å². The van der Waals surface area contributed by atoms with Crippen LogP contribution < -0.4 is 5.32 Å². The number of nitrogens with one attached hydrogen (secondary N) is 1. The van der Waals surface area contributed by atoms with E-state index in [4.69, 9.17) is 14.6 Å². The Balaban J connectivity index is 1.70. The van der Waals surface area contributed by atoms with Gasteiger partial charge in [0.05, 0.1) is 12.2 Å². The average molecular weight is 443 g/mol. The van der Waals surface area contributed by atoms with Crippen LogP contribution in [0.25, 0.3) is 0 Å². The first kappa shape index (κ1) is 23.8. The summed E-state index contributed by atoms with van der Waals surface area (Å²) in [6.07, 6.45) is 12.4. The number of hydrogen-bond donors (Lipinski definition) is 2. The van der Waals surface area contributed by atoms with E-state index in [0.29, 0.717) is 37.7 Å². The van der Waals surface area contributed by atoms with Crippen LogP contribution in [0.1, 0.15) is 54.9 Å². The Morgan fingerprint density at radius 2 is 2.03 bits per heavy atom. The molecule has 0 saturated carbocycles. The summed E-state index contributed by atoms with van der Waals surface area (Å²) in [6, 6.07) is 4.95. The van der Waals surface area contributed by atoms with Crippen LogP contribution in [0.5, 0.6) is 5.75 Å². The van der Waals surface area contributed by atoms with E-state index < -0.39 is 12.1 Å². The number of hydrogen-bond acceptors (Lipinski definition) is 5. The highest BCUT2D eigenvalue weighted by Crippen LogP contribution is 2.32. The van der Waals surface area contributed by atoms with E-state index in [1.807, 2.05) is 19.1 Å². The number of phenolic OH excluding ortho intramolecular Hbond substituents is 1. The Morgan fingerprint density at radius 3 is 2.84 bits per heavy atom. The number of cyclic esters (lactones) is 1. The maximum Gasteiger partial charge on any atom is 0.342 e. The molecule has 2 aliphatic rings. The van der Waals surface area contributed by atoms with Crippen molar-refractivity contribution in [3.63, 3.8) is 0 Å². The predicted molar refractivity (Wildman–Crippen MR) is 121 cm³/mol. The summed E-state index contributed by atoms with van der Waals surface area (Å²) in [6.45, 7) is 2.02. The topological polar surface area (TPSA) is 108 Å². The fraction of sp³-hybridized carbons (Fsp3) is 0.440. The van der Waals surface area contributed by atoms with Gasteiger partial charge in [-0.1, -0.05) is 43.4 Å². The number of allylic oxidation sites excluding steroid dienone is 3. The predicted octanol–water partition coefficient (Wildman–Crippen LogP) is 3.05. The normalized spacial score (nSPS) is 26.2. The zero-order chi connectivity index (χ0) is 22.9. The number of fused-ring (bicyclic) bond motifs is 3. The van der Waals surface area contributed by atoms with Crippen molar-refractivity contribution in [3.05, 3.63) is 65.9 Å². The smallest absolute Gasteiger partial charge is 0.342 e. The lowest BCUT2D eigenvalue weighted by Crippen LogP contribution is -2.40. The van der Waals surface area contributed by atoms with Gasteiger partial charge in [-0.2, -0.15) is 0 Å². The van der Waals surface area contributed by atoms with Crippen molar-refractivity contribution >= 4 is 11.9 Å². The van der Waals surface area contributed by atoms with Crippen molar-refractivity contribution in [2.75, 3.05) is 0 Å². The van der Waals surface area contributed by atoms with Crippen LogP contribution in [0, 0.1) is 0 Å². The van der Waals surface area contributed by atoms with Crippen molar-refractivity contribution in [3.8, 4) is 5.75 Å². The van der Waals surface area contributed by atoms with Gasteiger partial charge >= 0.3 is 5.97 Å². The Morgan fingerprint density at radius 1 is 1.22 bits per heavy atom. The van der Waals surface area contributed by atoms with Gasteiger partial charge < -0.3 is 25.0 Å². The lowest BCUT2D eigenvalue weighted by Gasteiger charge is -2.34. The lowest BCUT2D eigenvalue weighted by atomic mass is 9.91. The molecule has 1 saturated heterocycles. The van der Waals surface area contributed by atoms with E-state index in [1.165, 1.54) is 18.3 Å². The molecule has 4 atom stereocenters. The first-order valence-electron chi connectivity index (χ1n) is 11.1. The summed E-state index contributed by atoms with van der Waals surface area (Å²) in [5, 5.41) is 21.2. The minimum absolute atomic E-state index is 0.117. The Labute approximate surface area is 188 Å². The molecule has 0 aliphatic carbocycles. The summed E-state index contributed by atoms with van der Waals surface area (Å²) in [5.41, 5.74) is 0.828. The van der Waals surface area contributed by atoms with Gasteiger partial charge in [0.1, 0.15) is 17.4 Å². The number of amides is 1. The fourth-order valence-corrected chi connectivity index (χ4v) is 4.10. The summed E-state index contributed by atoms with van der Waals surface area (Å²) in [5.74, 6) is -0.929. The van der Waals surface area contributed by atoms with Gasteiger partial charge in [-0.25, -0.2) is 4.79 Å². The maximum atomic E-state index is 12.9. The zero-order valence-electron chi connectivity index (χ0n) is 18.3. The molecule has 3 rings (SSSR count). The quantitative estimate of drug-likeness (QED) is 0.305. The van der Waals surface area contributed by atoms with Crippen LogP contribution in [0.2, 0.25) is 0 Å². The summed E-state index contributed by atoms with van der Waals surface area (Å²) < 4.78 is 11.9. The van der Waals surface area contributed by atoms with Gasteiger partial charge in [0.2, 0.25) is 5.91 Å². The molecular formula is C25H32NO6+. The van der Waals surface area contributed by atoms with Gasteiger partial charge in [-0.3, -0.25) is 4.79 Å². The van der Waals surface area contributed by atoms with Crippen LogP contribution in [0.15, 0.2) is 54.8 Å². The standard InChI is InChI=1S/C25H31NO6/c1-2-3-4-5-11-23(29)26-12-7-9-19-16-21-15-18(27)14-20(31-21)13-17-8-6-10-22(28)24(17)25(30)32-19/h3-8,10-12,18-21,27-28H,2,9,13-16H2,1H3,(H,26,29)/p+1/b4-3-,11-5-,12-7+. The fourth-order valence-electron chi connectivity index (χ4n) is 4.10. The maximum absolute atomic E-state index is 12.9. The molecule has 32 heavy (non-hydrogen) atoms. The number of esters is 1. The number of phenols is 1. The number of carbonyl (C=O) groups excluding carboxylic acids is 2. The van der Waals surface area contributed by atoms with Gasteiger partial charge in [0.25, 0.3) is 0 Å². The largest absolute Gasteiger partial charge is 0.507 e. The van der Waals surface area contributed by atoms with Crippen molar-refractivity contribution in [2.24, 2.45) is 0 Å². The Bertz CT molecular complexity index is 890. The van der Waals surface area contributed by atoms with E-state index in [1.54, 1.807) is 24.3 Å². The highest BCUT2D eigenvalue weighted by molar-refractivity contribution is 5.94. The molecule has 2 aliphatic heterocycles. The first-order valence-corrected chi connectivity index (χ1v) is 11.1. The number of rotatable bonds is 6. The Kier molecular flexibility index (Phi) is 8.64. The molecule has 4 unspecified atom stereocenters. The minimum Gasteiger partial charge on any atom is -0.507 e. The highest BCUT2D eigenvalue weighted by atomic mass is 16.5. The van der Waals surface area contributed by atoms with E-state index in [9.17, 15) is 14.7 Å². The van der Waals surface area contributed by atoms with Crippen LogP contribution >= 0.6 is 0 Å². The number of ether oxygens (including phenoxy) is 2. The molecule has 4 N–H and O–H groups in total. The van der Waals surface area contributed by atoms with Crippen LogP contribution in [0.4, 0.5) is 0 Å². The monoisotopic (exact) mass is 442 g/mol.